The van der Waals surface area contributed by atoms with Gasteiger partial charge in [0.25, 0.3) is 5.69 Å². The Labute approximate surface area is 127 Å². The third-order valence-electron chi connectivity index (χ3n) is 3.29. The van der Waals surface area contributed by atoms with Crippen LogP contribution in [0.1, 0.15) is 0 Å². The van der Waals surface area contributed by atoms with Crippen LogP contribution in [-0.2, 0) is 9.31 Å². The highest BCUT2D eigenvalue weighted by Crippen LogP contribution is 2.20. The van der Waals surface area contributed by atoms with E-state index >= 15 is 0 Å². The average Bonchev–Trinajstić information content (AvgIpc) is 3.03. The number of nitro benzene ring substituents is 1. The van der Waals surface area contributed by atoms with Crippen molar-refractivity contribution in [3.8, 4) is 5.75 Å². The highest BCUT2D eigenvalue weighted by molar-refractivity contribution is 6.61. The fourth-order valence-electron chi connectivity index (χ4n) is 2.20. The van der Waals surface area contributed by atoms with Crippen molar-refractivity contribution in [3.05, 3.63) is 64.7 Å². The summed E-state index contributed by atoms with van der Waals surface area (Å²) in [6, 6.07) is 15.7. The van der Waals surface area contributed by atoms with Crippen LogP contribution in [0.2, 0.25) is 0 Å². The molecule has 0 aromatic heterocycles. The Hall–Kier alpha value is -2.38. The summed E-state index contributed by atoms with van der Waals surface area (Å²) >= 11 is 0. The molecule has 7 heteroatoms. The molecule has 1 aliphatic heterocycles. The van der Waals surface area contributed by atoms with E-state index in [4.69, 9.17) is 14.0 Å². The molecule has 0 N–H and O–H groups in total. The lowest BCUT2D eigenvalue weighted by molar-refractivity contribution is -0.384. The Bertz CT molecular complexity index is 651. The van der Waals surface area contributed by atoms with Crippen molar-refractivity contribution in [3.63, 3.8) is 0 Å². The maximum absolute atomic E-state index is 10.7. The van der Waals surface area contributed by atoms with E-state index in [-0.39, 0.29) is 25.5 Å². The lowest BCUT2D eigenvalue weighted by Crippen LogP contribution is -2.33. The summed E-state index contributed by atoms with van der Waals surface area (Å²) in [7, 11) is -0.389. The van der Waals surface area contributed by atoms with Crippen LogP contribution >= 0.6 is 0 Å². The molecule has 0 aliphatic carbocycles. The van der Waals surface area contributed by atoms with Crippen LogP contribution in [0.4, 0.5) is 5.69 Å². The minimum Gasteiger partial charge on any atom is -0.491 e. The summed E-state index contributed by atoms with van der Waals surface area (Å²) in [6.45, 7) is 0.707. The van der Waals surface area contributed by atoms with Gasteiger partial charge in [-0.3, -0.25) is 10.1 Å². The smallest absolute Gasteiger partial charge is 0.491 e. The SMILES string of the molecule is O=[N+]([O-])c1cccc(OCC2COB(c3ccccc3)O2)c1. The summed E-state index contributed by atoms with van der Waals surface area (Å²) in [5.74, 6) is 0.445. The first-order valence-electron chi connectivity index (χ1n) is 6.91. The van der Waals surface area contributed by atoms with Crippen molar-refractivity contribution in [2.24, 2.45) is 0 Å². The lowest BCUT2D eigenvalue weighted by atomic mass is 9.79. The number of hydrogen-bond acceptors (Lipinski definition) is 5. The van der Waals surface area contributed by atoms with Crippen molar-refractivity contribution in [1.29, 1.82) is 0 Å². The van der Waals surface area contributed by atoms with Gasteiger partial charge in [-0.1, -0.05) is 36.4 Å². The molecule has 0 bridgehead atoms. The maximum Gasteiger partial charge on any atom is 0.494 e. The monoisotopic (exact) mass is 299 g/mol. The van der Waals surface area contributed by atoms with Crippen molar-refractivity contribution in [2.75, 3.05) is 13.2 Å². The van der Waals surface area contributed by atoms with E-state index in [0.29, 0.717) is 12.4 Å². The summed E-state index contributed by atoms with van der Waals surface area (Å²) < 4.78 is 16.9. The third-order valence-corrected chi connectivity index (χ3v) is 3.29. The first-order chi connectivity index (χ1) is 10.7. The summed E-state index contributed by atoms with van der Waals surface area (Å²) in [5.41, 5.74) is 0.962. The molecular weight excluding hydrogens is 285 g/mol. The minimum atomic E-state index is -0.451. The largest absolute Gasteiger partial charge is 0.494 e. The van der Waals surface area contributed by atoms with Crippen LogP contribution in [0.5, 0.6) is 5.75 Å². The highest BCUT2D eigenvalue weighted by atomic mass is 16.7. The second-order valence-corrected chi connectivity index (χ2v) is 4.90. The Balaban J connectivity index is 1.55. The van der Waals surface area contributed by atoms with E-state index in [0.717, 1.165) is 5.46 Å². The molecule has 1 fully saturated rings. The summed E-state index contributed by atoms with van der Waals surface area (Å²) in [6.07, 6.45) is -0.204. The Kier molecular flexibility index (Phi) is 4.36. The first-order valence-corrected chi connectivity index (χ1v) is 6.91. The molecule has 6 nitrogen and oxygen atoms in total. The molecule has 1 aliphatic rings. The standard InChI is InChI=1S/C15H14BNO5/c18-17(19)13-7-4-8-14(9-13)20-10-15-11-21-16(22-15)12-5-2-1-3-6-12/h1-9,15H,10-11H2. The van der Waals surface area contributed by atoms with Gasteiger partial charge in [-0.15, -0.1) is 0 Å². The minimum absolute atomic E-state index is 0.00301. The molecule has 1 saturated heterocycles. The molecule has 0 radical (unpaired) electrons. The normalized spacial score (nSPS) is 17.5. The average molecular weight is 299 g/mol. The van der Waals surface area contributed by atoms with Crippen molar-refractivity contribution in [1.82, 2.24) is 0 Å². The quantitative estimate of drug-likeness (QED) is 0.478. The van der Waals surface area contributed by atoms with Crippen molar-refractivity contribution >= 4 is 18.3 Å². The molecular formula is C15H14BNO5. The fourth-order valence-corrected chi connectivity index (χ4v) is 2.20. The van der Waals surface area contributed by atoms with Crippen LogP contribution in [0, 0.1) is 10.1 Å². The van der Waals surface area contributed by atoms with Gasteiger partial charge in [0.1, 0.15) is 12.4 Å². The molecule has 0 amide bonds. The van der Waals surface area contributed by atoms with Gasteiger partial charge < -0.3 is 14.0 Å². The van der Waals surface area contributed by atoms with E-state index in [9.17, 15) is 10.1 Å². The maximum atomic E-state index is 10.7. The molecule has 3 rings (SSSR count). The van der Waals surface area contributed by atoms with E-state index < -0.39 is 4.92 Å². The van der Waals surface area contributed by atoms with Crippen LogP contribution in [0.25, 0.3) is 0 Å². The summed E-state index contributed by atoms with van der Waals surface area (Å²) in [5, 5.41) is 10.7. The van der Waals surface area contributed by atoms with Crippen molar-refractivity contribution < 1.29 is 19.0 Å². The van der Waals surface area contributed by atoms with Gasteiger partial charge in [0.05, 0.1) is 23.7 Å². The second-order valence-electron chi connectivity index (χ2n) is 4.90. The predicted octanol–water partition coefficient (Wildman–Crippen LogP) is 1.78. The number of nitrogens with zero attached hydrogens (tertiary/aromatic N) is 1. The van der Waals surface area contributed by atoms with Gasteiger partial charge in [-0.05, 0) is 11.5 Å². The topological polar surface area (TPSA) is 70.8 Å². The zero-order valence-corrected chi connectivity index (χ0v) is 11.8. The third kappa shape index (κ3) is 3.44. The van der Waals surface area contributed by atoms with Crippen LogP contribution in [0.15, 0.2) is 54.6 Å². The number of nitro groups is 1. The van der Waals surface area contributed by atoms with E-state index in [2.05, 4.69) is 0 Å². The number of non-ortho nitro benzene ring substituents is 1. The zero-order valence-electron chi connectivity index (χ0n) is 11.8. The summed E-state index contributed by atoms with van der Waals surface area (Å²) in [4.78, 5) is 10.3. The molecule has 0 saturated carbocycles. The molecule has 0 spiro atoms. The molecule has 1 unspecified atom stereocenters. The van der Waals surface area contributed by atoms with Gasteiger partial charge in [0.15, 0.2) is 0 Å². The van der Waals surface area contributed by atoms with Crippen LogP contribution < -0.4 is 10.2 Å². The highest BCUT2D eigenvalue weighted by Gasteiger charge is 2.33. The molecule has 112 valence electrons. The number of benzene rings is 2. The number of rotatable bonds is 5. The van der Waals surface area contributed by atoms with Gasteiger partial charge in [-0.25, -0.2) is 0 Å². The molecule has 1 atom stereocenters. The molecule has 1 heterocycles. The number of hydrogen-bond donors (Lipinski definition) is 0. The van der Waals surface area contributed by atoms with Crippen LogP contribution in [-0.4, -0.2) is 31.4 Å². The zero-order chi connectivity index (χ0) is 15.4. The Morgan fingerprint density at radius 2 is 2.05 bits per heavy atom. The van der Waals surface area contributed by atoms with Gasteiger partial charge in [-0.2, -0.15) is 0 Å². The van der Waals surface area contributed by atoms with E-state index in [1.165, 1.54) is 12.1 Å². The fraction of sp³-hybridized carbons (Fsp3) is 0.200. The second kappa shape index (κ2) is 6.59. The van der Waals surface area contributed by atoms with Gasteiger partial charge in [0, 0.05) is 6.07 Å². The Morgan fingerprint density at radius 1 is 1.23 bits per heavy atom. The van der Waals surface area contributed by atoms with E-state index in [1.807, 2.05) is 30.3 Å². The Morgan fingerprint density at radius 3 is 2.82 bits per heavy atom. The first kappa shape index (κ1) is 14.6. The van der Waals surface area contributed by atoms with E-state index in [1.54, 1.807) is 12.1 Å². The molecule has 2 aromatic carbocycles. The number of ether oxygens (including phenoxy) is 1. The van der Waals surface area contributed by atoms with Gasteiger partial charge >= 0.3 is 7.12 Å². The van der Waals surface area contributed by atoms with Gasteiger partial charge in [0.2, 0.25) is 0 Å². The molecule has 22 heavy (non-hydrogen) atoms. The lowest BCUT2D eigenvalue weighted by Gasteiger charge is -2.11. The molecule has 2 aromatic rings. The van der Waals surface area contributed by atoms with Crippen LogP contribution in [0.3, 0.4) is 0 Å². The van der Waals surface area contributed by atoms with Crippen molar-refractivity contribution in [2.45, 2.75) is 6.10 Å². The predicted molar refractivity (Wildman–Crippen MR) is 81.2 cm³/mol.